The fourth-order valence-electron chi connectivity index (χ4n) is 2.50. The van der Waals surface area contributed by atoms with Gasteiger partial charge < -0.3 is 25.7 Å². The van der Waals surface area contributed by atoms with Gasteiger partial charge in [-0.25, -0.2) is 18.4 Å². The van der Waals surface area contributed by atoms with Crippen molar-refractivity contribution >= 4 is 17.8 Å². The number of pyridine rings is 1. The first-order valence-electron chi connectivity index (χ1n) is 7.84. The van der Waals surface area contributed by atoms with Gasteiger partial charge >= 0.3 is 11.9 Å². The van der Waals surface area contributed by atoms with Gasteiger partial charge in [-0.2, -0.15) is 0 Å². The lowest BCUT2D eigenvalue weighted by atomic mass is 9.94. The fourth-order valence-corrected chi connectivity index (χ4v) is 2.50. The summed E-state index contributed by atoms with van der Waals surface area (Å²) in [4.78, 5) is 36.9. The number of nitrogens with two attached hydrogens (primary N) is 1. The molecule has 0 bridgehead atoms. The number of anilines is 1. The smallest absolute Gasteiger partial charge is 0.342 e. The summed E-state index contributed by atoms with van der Waals surface area (Å²) in [5, 5.41) is 18.7. The van der Waals surface area contributed by atoms with Gasteiger partial charge in [0.05, 0.1) is 12.2 Å². The van der Waals surface area contributed by atoms with Crippen LogP contribution in [-0.4, -0.2) is 33.7 Å². The maximum absolute atomic E-state index is 14.9. The highest BCUT2D eigenvalue weighted by atomic mass is 19.1. The summed E-state index contributed by atoms with van der Waals surface area (Å²) in [6.45, 7) is 1.97. The number of aromatic nitrogens is 1. The van der Waals surface area contributed by atoms with E-state index in [4.69, 9.17) is 10.5 Å². The van der Waals surface area contributed by atoms with E-state index >= 15 is 0 Å². The number of carboxylic acid groups (broad SMARTS) is 2. The maximum Gasteiger partial charge on any atom is 0.342 e. The monoisotopic (exact) mass is 382 g/mol. The fraction of sp³-hybridized carbons (Fsp3) is 0.235. The summed E-state index contributed by atoms with van der Waals surface area (Å²) in [5.41, 5.74) is 0.0998. The zero-order valence-electron chi connectivity index (χ0n) is 14.1. The second kappa shape index (κ2) is 7.85. The first-order valence-corrected chi connectivity index (χ1v) is 7.84. The van der Waals surface area contributed by atoms with Crippen LogP contribution < -0.4 is 16.0 Å². The van der Waals surface area contributed by atoms with Crippen LogP contribution in [0.15, 0.2) is 16.9 Å². The van der Waals surface area contributed by atoms with Gasteiger partial charge in [-0.3, -0.25) is 4.79 Å². The minimum Gasteiger partial charge on any atom is -0.490 e. The van der Waals surface area contributed by atoms with E-state index in [1.165, 1.54) is 0 Å². The number of ether oxygens (including phenoxy) is 1. The van der Waals surface area contributed by atoms with E-state index in [-0.39, 0.29) is 6.61 Å². The molecule has 5 N–H and O–H groups in total. The lowest BCUT2D eigenvalue weighted by Gasteiger charge is -2.15. The molecule has 0 saturated carbocycles. The van der Waals surface area contributed by atoms with E-state index < -0.39 is 63.0 Å². The van der Waals surface area contributed by atoms with Gasteiger partial charge in [-0.15, -0.1) is 0 Å². The first kappa shape index (κ1) is 19.9. The van der Waals surface area contributed by atoms with E-state index in [1.54, 1.807) is 0 Å². The molecule has 144 valence electrons. The standard InChI is InChI=1S/C17H16F2N2O6/c1-2-3-6-27-8-5-4-7(18)9(13(8)19)10-11(16(23)24)14(20)21-15(22)12(10)17(25)26/h4-5H,2-3,6H2,1H3,(H,23,24)(H,25,26)(H3,20,21,22). The molecule has 0 atom stereocenters. The molecule has 0 amide bonds. The molecule has 8 nitrogen and oxygen atoms in total. The van der Waals surface area contributed by atoms with Crippen LogP contribution in [0.4, 0.5) is 14.6 Å². The van der Waals surface area contributed by atoms with E-state index in [0.717, 1.165) is 18.6 Å². The predicted molar refractivity (Wildman–Crippen MR) is 91.1 cm³/mol. The molecule has 0 aliphatic carbocycles. The van der Waals surface area contributed by atoms with Crippen LogP contribution >= 0.6 is 0 Å². The highest BCUT2D eigenvalue weighted by Gasteiger charge is 2.31. The molecule has 1 aromatic carbocycles. The zero-order valence-corrected chi connectivity index (χ0v) is 14.1. The van der Waals surface area contributed by atoms with Crippen molar-refractivity contribution in [2.24, 2.45) is 0 Å². The third-order valence-electron chi connectivity index (χ3n) is 3.73. The molecule has 0 spiro atoms. The molecule has 27 heavy (non-hydrogen) atoms. The summed E-state index contributed by atoms with van der Waals surface area (Å²) in [6.07, 6.45) is 1.32. The molecule has 0 unspecified atom stereocenters. The molecular weight excluding hydrogens is 366 g/mol. The minimum atomic E-state index is -1.87. The van der Waals surface area contributed by atoms with Gasteiger partial charge in [0.1, 0.15) is 22.8 Å². The van der Waals surface area contributed by atoms with E-state index in [1.807, 2.05) is 11.9 Å². The number of rotatable bonds is 7. The molecule has 2 rings (SSSR count). The van der Waals surface area contributed by atoms with Crippen LogP contribution in [-0.2, 0) is 0 Å². The summed E-state index contributed by atoms with van der Waals surface area (Å²) >= 11 is 0. The number of benzene rings is 1. The number of aromatic carboxylic acids is 2. The van der Waals surface area contributed by atoms with Crippen molar-refractivity contribution in [1.82, 2.24) is 4.98 Å². The molecule has 2 aromatic rings. The number of hydrogen-bond acceptors (Lipinski definition) is 5. The van der Waals surface area contributed by atoms with Crippen LogP contribution in [0, 0.1) is 11.6 Å². The lowest BCUT2D eigenvalue weighted by molar-refractivity contribution is 0.0695. The molecule has 0 radical (unpaired) electrons. The number of aromatic amines is 1. The minimum absolute atomic E-state index is 0.105. The van der Waals surface area contributed by atoms with E-state index in [0.29, 0.717) is 6.42 Å². The zero-order chi connectivity index (χ0) is 20.3. The van der Waals surface area contributed by atoms with Gasteiger partial charge in [-0.1, -0.05) is 13.3 Å². The number of hydrogen-bond donors (Lipinski definition) is 4. The molecule has 10 heteroatoms. The molecular formula is C17H16F2N2O6. The number of halogens is 2. The number of unbranched alkanes of at least 4 members (excludes halogenated alkanes) is 1. The van der Waals surface area contributed by atoms with E-state index in [2.05, 4.69) is 0 Å². The second-order valence-electron chi connectivity index (χ2n) is 5.54. The maximum atomic E-state index is 14.9. The lowest BCUT2D eigenvalue weighted by Crippen LogP contribution is -2.24. The largest absolute Gasteiger partial charge is 0.490 e. The number of nitrogen functional groups attached to an aromatic ring is 1. The highest BCUT2D eigenvalue weighted by molar-refractivity contribution is 6.07. The van der Waals surface area contributed by atoms with E-state index in [9.17, 15) is 33.4 Å². The average molecular weight is 382 g/mol. The first-order chi connectivity index (χ1) is 12.7. The Morgan fingerprint density at radius 3 is 2.33 bits per heavy atom. The van der Waals surface area contributed by atoms with Crippen LogP contribution in [0.3, 0.4) is 0 Å². The number of H-pyrrole nitrogens is 1. The number of carboxylic acids is 2. The molecule has 1 heterocycles. The summed E-state index contributed by atoms with van der Waals surface area (Å²) in [5.74, 6) is -7.39. The molecule has 0 aliphatic heterocycles. The van der Waals surface area contributed by atoms with Crippen molar-refractivity contribution in [3.8, 4) is 16.9 Å². The van der Waals surface area contributed by atoms with Crippen LogP contribution in [0.1, 0.15) is 40.5 Å². The van der Waals surface area contributed by atoms with Crippen LogP contribution in [0.5, 0.6) is 5.75 Å². The van der Waals surface area contributed by atoms with Crippen molar-refractivity contribution in [1.29, 1.82) is 0 Å². The SMILES string of the molecule is CCCCOc1ccc(F)c(-c2c(C(=O)O)c(N)[nH]c(=O)c2C(=O)O)c1F. The Balaban J connectivity index is 2.89. The van der Waals surface area contributed by atoms with Crippen molar-refractivity contribution in [2.45, 2.75) is 19.8 Å². The Bertz CT molecular complexity index is 971. The third-order valence-corrected chi connectivity index (χ3v) is 3.73. The highest BCUT2D eigenvalue weighted by Crippen LogP contribution is 2.36. The Labute approximate surface area is 151 Å². The number of carbonyl (C=O) groups is 2. The summed E-state index contributed by atoms with van der Waals surface area (Å²) in [7, 11) is 0. The molecule has 0 saturated heterocycles. The molecule has 0 aliphatic rings. The van der Waals surface area contributed by atoms with Crippen molar-refractivity contribution in [3.05, 3.63) is 45.2 Å². The molecule has 0 fully saturated rings. The molecule has 1 aromatic heterocycles. The predicted octanol–water partition coefficient (Wildman–Crippen LogP) is 2.48. The van der Waals surface area contributed by atoms with Crippen molar-refractivity contribution < 1.29 is 33.3 Å². The second-order valence-corrected chi connectivity index (χ2v) is 5.54. The Morgan fingerprint density at radius 1 is 1.15 bits per heavy atom. The van der Waals surface area contributed by atoms with Crippen LogP contribution in [0.2, 0.25) is 0 Å². The number of nitrogens with one attached hydrogen (secondary N) is 1. The third kappa shape index (κ3) is 3.73. The average Bonchev–Trinajstić information content (AvgIpc) is 2.56. The Morgan fingerprint density at radius 2 is 1.78 bits per heavy atom. The normalized spacial score (nSPS) is 10.6. The van der Waals surface area contributed by atoms with Gasteiger partial charge in [0.2, 0.25) is 0 Å². The summed E-state index contributed by atoms with van der Waals surface area (Å²) < 4.78 is 34.5. The quantitative estimate of drug-likeness (QED) is 0.539. The van der Waals surface area contributed by atoms with Gasteiger partial charge in [0.25, 0.3) is 5.56 Å². The Kier molecular flexibility index (Phi) is 5.78. The van der Waals surface area contributed by atoms with Gasteiger partial charge in [-0.05, 0) is 18.6 Å². The van der Waals surface area contributed by atoms with Crippen molar-refractivity contribution in [2.75, 3.05) is 12.3 Å². The topological polar surface area (TPSA) is 143 Å². The summed E-state index contributed by atoms with van der Waals surface area (Å²) in [6, 6.07) is 1.77. The van der Waals surface area contributed by atoms with Gasteiger partial charge in [0.15, 0.2) is 11.6 Å². The Hall–Kier alpha value is -3.43. The van der Waals surface area contributed by atoms with Gasteiger partial charge in [0, 0.05) is 5.56 Å². The van der Waals surface area contributed by atoms with Crippen LogP contribution in [0.25, 0.3) is 11.1 Å². The van der Waals surface area contributed by atoms with Crippen molar-refractivity contribution in [3.63, 3.8) is 0 Å².